The Labute approximate surface area is 78.1 Å². The zero-order valence-corrected chi connectivity index (χ0v) is 9.81. The first-order valence-electron chi connectivity index (χ1n) is 4.94. The van der Waals surface area contributed by atoms with E-state index >= 15 is 0 Å². The van der Waals surface area contributed by atoms with Crippen LogP contribution in [0, 0.1) is 11.3 Å². The van der Waals surface area contributed by atoms with Crippen LogP contribution >= 0.6 is 0 Å². The van der Waals surface area contributed by atoms with E-state index in [9.17, 15) is 0 Å². The van der Waals surface area contributed by atoms with Crippen LogP contribution in [0.2, 0.25) is 0 Å². The van der Waals surface area contributed by atoms with E-state index in [1.807, 2.05) is 0 Å². The molecule has 0 unspecified atom stereocenters. The third kappa shape index (κ3) is 4.76. The van der Waals surface area contributed by atoms with Crippen molar-refractivity contribution in [1.29, 1.82) is 0 Å². The lowest BCUT2D eigenvalue weighted by atomic mass is 9.94. The van der Waals surface area contributed by atoms with Crippen LogP contribution in [0.25, 0.3) is 0 Å². The van der Waals surface area contributed by atoms with Crippen molar-refractivity contribution in [1.82, 2.24) is 4.90 Å². The molecule has 0 N–H and O–H groups in total. The first-order chi connectivity index (χ1) is 5.24. The van der Waals surface area contributed by atoms with Gasteiger partial charge in [-0.1, -0.05) is 34.6 Å². The lowest BCUT2D eigenvalue weighted by Crippen LogP contribution is -2.38. The molecular weight excluding hydrogens is 146 g/mol. The van der Waals surface area contributed by atoms with Crippen LogP contribution in [-0.4, -0.2) is 24.5 Å². The van der Waals surface area contributed by atoms with Crippen LogP contribution < -0.4 is 0 Å². The maximum atomic E-state index is 2.45. The van der Waals surface area contributed by atoms with Crippen molar-refractivity contribution >= 4 is 0 Å². The molecule has 0 saturated carbocycles. The summed E-state index contributed by atoms with van der Waals surface area (Å²) in [5, 5.41) is 0. The highest BCUT2D eigenvalue weighted by Gasteiger charge is 2.19. The van der Waals surface area contributed by atoms with Crippen LogP contribution in [0.15, 0.2) is 0 Å². The highest BCUT2D eigenvalue weighted by molar-refractivity contribution is 4.72. The van der Waals surface area contributed by atoms with Crippen molar-refractivity contribution in [3.63, 3.8) is 0 Å². The average molecular weight is 171 g/mol. The molecule has 0 amide bonds. The van der Waals surface area contributed by atoms with Crippen LogP contribution in [0.4, 0.5) is 0 Å². The Morgan fingerprint density at radius 1 is 1.08 bits per heavy atom. The molecule has 0 heterocycles. The molecule has 0 radical (unpaired) electrons. The second kappa shape index (κ2) is 4.27. The van der Waals surface area contributed by atoms with Gasteiger partial charge in [0.1, 0.15) is 0 Å². The van der Waals surface area contributed by atoms with E-state index in [0.717, 1.165) is 5.92 Å². The predicted octanol–water partition coefficient (Wildman–Crippen LogP) is 3.01. The fourth-order valence-corrected chi connectivity index (χ4v) is 1.40. The zero-order chi connectivity index (χ0) is 9.94. The summed E-state index contributed by atoms with van der Waals surface area (Å²) in [6.07, 6.45) is 0. The maximum Gasteiger partial charge on any atom is 0.00871 e. The van der Waals surface area contributed by atoms with Crippen molar-refractivity contribution in [3.05, 3.63) is 0 Å². The fraction of sp³-hybridized carbons (Fsp3) is 1.00. The minimum absolute atomic E-state index is 0.415. The van der Waals surface area contributed by atoms with Crippen LogP contribution in [0.3, 0.4) is 0 Å². The zero-order valence-electron chi connectivity index (χ0n) is 9.81. The van der Waals surface area contributed by atoms with Gasteiger partial charge >= 0.3 is 0 Å². The van der Waals surface area contributed by atoms with E-state index < -0.39 is 0 Å². The molecule has 0 saturated heterocycles. The lowest BCUT2D eigenvalue weighted by Gasteiger charge is -2.33. The van der Waals surface area contributed by atoms with E-state index in [-0.39, 0.29) is 0 Å². The van der Waals surface area contributed by atoms with Gasteiger partial charge in [0.25, 0.3) is 0 Å². The van der Waals surface area contributed by atoms with Crippen LogP contribution in [0.5, 0.6) is 0 Å². The van der Waals surface area contributed by atoms with Crippen LogP contribution in [-0.2, 0) is 0 Å². The van der Waals surface area contributed by atoms with Gasteiger partial charge in [0, 0.05) is 12.6 Å². The van der Waals surface area contributed by atoms with E-state index in [0.29, 0.717) is 11.5 Å². The Morgan fingerprint density at radius 3 is 1.75 bits per heavy atom. The largest absolute Gasteiger partial charge is 0.303 e. The summed E-state index contributed by atoms with van der Waals surface area (Å²) in [6.45, 7) is 14.9. The van der Waals surface area contributed by atoms with Crippen LogP contribution in [0.1, 0.15) is 41.5 Å². The molecule has 74 valence electrons. The molecule has 0 aromatic heterocycles. The molecule has 0 spiro atoms. The van der Waals surface area contributed by atoms with E-state index in [4.69, 9.17) is 0 Å². The third-order valence-electron chi connectivity index (χ3n) is 2.38. The first kappa shape index (κ1) is 12.0. The molecule has 1 heteroatoms. The summed E-state index contributed by atoms with van der Waals surface area (Å²) in [7, 11) is 2.22. The summed E-state index contributed by atoms with van der Waals surface area (Å²) < 4.78 is 0. The van der Waals surface area contributed by atoms with Gasteiger partial charge < -0.3 is 4.90 Å². The summed E-state index contributed by atoms with van der Waals surface area (Å²) in [4.78, 5) is 2.45. The van der Waals surface area contributed by atoms with Gasteiger partial charge in [0.2, 0.25) is 0 Å². The Balaban J connectivity index is 3.95. The van der Waals surface area contributed by atoms with E-state index in [1.165, 1.54) is 6.54 Å². The van der Waals surface area contributed by atoms with Crippen molar-refractivity contribution in [2.75, 3.05) is 13.6 Å². The van der Waals surface area contributed by atoms with Crippen molar-refractivity contribution in [2.45, 2.75) is 47.6 Å². The Bertz CT molecular complexity index is 121. The second-order valence-electron chi connectivity index (χ2n) is 5.46. The Morgan fingerprint density at radius 2 is 1.50 bits per heavy atom. The summed E-state index contributed by atoms with van der Waals surface area (Å²) in [5.41, 5.74) is 0.415. The van der Waals surface area contributed by atoms with E-state index in [1.54, 1.807) is 0 Å². The third-order valence-corrected chi connectivity index (χ3v) is 2.38. The monoisotopic (exact) mass is 171 g/mol. The summed E-state index contributed by atoms with van der Waals surface area (Å²) >= 11 is 0. The predicted molar refractivity (Wildman–Crippen MR) is 56.4 cm³/mol. The van der Waals surface area contributed by atoms with Gasteiger partial charge in [-0.15, -0.1) is 0 Å². The molecule has 0 aliphatic heterocycles. The quantitative estimate of drug-likeness (QED) is 0.631. The molecule has 1 nitrogen and oxygen atoms in total. The number of hydrogen-bond acceptors (Lipinski definition) is 1. The summed E-state index contributed by atoms with van der Waals surface area (Å²) in [5.74, 6) is 0.748. The van der Waals surface area contributed by atoms with Crippen molar-refractivity contribution in [2.24, 2.45) is 11.3 Å². The van der Waals surface area contributed by atoms with E-state index in [2.05, 4.69) is 53.5 Å². The number of hydrogen-bond donors (Lipinski definition) is 0. The molecule has 0 aromatic rings. The highest BCUT2D eigenvalue weighted by atomic mass is 15.1. The molecule has 12 heavy (non-hydrogen) atoms. The minimum Gasteiger partial charge on any atom is -0.303 e. The smallest absolute Gasteiger partial charge is 0.00871 e. The van der Waals surface area contributed by atoms with Crippen molar-refractivity contribution in [3.8, 4) is 0 Å². The Hall–Kier alpha value is -0.0400. The maximum absolute atomic E-state index is 2.45. The van der Waals surface area contributed by atoms with Gasteiger partial charge in [-0.2, -0.15) is 0 Å². The Kier molecular flexibility index (Phi) is 4.25. The normalized spacial score (nSPS) is 15.8. The average Bonchev–Trinajstić information content (AvgIpc) is 1.82. The number of nitrogens with zero attached hydrogens (tertiary/aromatic N) is 1. The van der Waals surface area contributed by atoms with Gasteiger partial charge in [-0.25, -0.2) is 0 Å². The summed E-state index contributed by atoms with van der Waals surface area (Å²) in [6, 6.07) is 0.684. The van der Waals surface area contributed by atoms with Gasteiger partial charge in [0.15, 0.2) is 0 Å². The standard InChI is InChI=1S/C11H25N/c1-9(2)10(3)12(7)8-11(4,5)6/h9-10H,8H2,1-7H3/t10-/m0/s1. The molecule has 0 bridgehead atoms. The van der Waals surface area contributed by atoms with Gasteiger partial charge in [-0.05, 0) is 25.3 Å². The lowest BCUT2D eigenvalue weighted by molar-refractivity contribution is 0.151. The van der Waals surface area contributed by atoms with Gasteiger partial charge in [-0.3, -0.25) is 0 Å². The molecule has 0 aliphatic rings. The molecule has 0 rings (SSSR count). The molecule has 1 atom stereocenters. The van der Waals surface area contributed by atoms with Crippen molar-refractivity contribution < 1.29 is 0 Å². The molecule has 0 fully saturated rings. The molecular formula is C11H25N. The molecule has 0 aliphatic carbocycles. The highest BCUT2D eigenvalue weighted by Crippen LogP contribution is 2.17. The van der Waals surface area contributed by atoms with Gasteiger partial charge in [0.05, 0.1) is 0 Å². The first-order valence-corrected chi connectivity index (χ1v) is 4.94. The molecule has 0 aromatic carbocycles. The second-order valence-corrected chi connectivity index (χ2v) is 5.46. The fourth-order valence-electron chi connectivity index (χ4n) is 1.40. The minimum atomic E-state index is 0.415. The SMILES string of the molecule is CC(C)[C@H](C)N(C)CC(C)(C)C. The number of rotatable bonds is 3. The topological polar surface area (TPSA) is 3.24 Å².